The second kappa shape index (κ2) is 21.5. The highest BCUT2D eigenvalue weighted by molar-refractivity contribution is 7.90. The molecule has 0 saturated carbocycles. The third-order valence-corrected chi connectivity index (χ3v) is 10.6. The van der Waals surface area contributed by atoms with Gasteiger partial charge in [0.1, 0.15) is 0 Å². The van der Waals surface area contributed by atoms with Crippen LogP contribution in [0.1, 0.15) is 13.3 Å². The van der Waals surface area contributed by atoms with Crippen molar-refractivity contribution in [3.05, 3.63) is 0 Å². The highest BCUT2D eigenvalue weighted by Gasteiger charge is 2.98. The van der Waals surface area contributed by atoms with Crippen molar-refractivity contribution in [2.75, 3.05) is 46.0 Å². The zero-order valence-electron chi connectivity index (χ0n) is 32.7. The molecule has 432 valence electrons. The van der Waals surface area contributed by atoms with E-state index in [1.54, 1.807) is 0 Å². The van der Waals surface area contributed by atoms with Crippen molar-refractivity contribution in [3.8, 4) is 0 Å². The van der Waals surface area contributed by atoms with Gasteiger partial charge in [0.05, 0.1) is 19.8 Å². The number of hydrogen-bond donors (Lipinski definition) is 5. The van der Waals surface area contributed by atoms with Crippen molar-refractivity contribution in [1.82, 2.24) is 9.62 Å². The normalized spacial score (nSPS) is 15.8. The van der Waals surface area contributed by atoms with Gasteiger partial charge in [-0.15, -0.1) is 0 Å². The molecule has 0 heterocycles. The van der Waals surface area contributed by atoms with Crippen LogP contribution in [0.3, 0.4) is 0 Å². The van der Waals surface area contributed by atoms with Gasteiger partial charge < -0.3 is 20.6 Å². The molecule has 0 spiro atoms. The molecule has 0 aromatic rings. The third-order valence-electron chi connectivity index (χ3n) is 7.77. The summed E-state index contributed by atoms with van der Waals surface area (Å²) in [7, 11) is -15.2. The molecule has 5 N–H and O–H groups in total. The van der Waals surface area contributed by atoms with E-state index in [0.717, 1.165) is 6.92 Å². The van der Waals surface area contributed by atoms with Gasteiger partial charge in [0.15, 0.2) is 0 Å². The maximum atomic E-state index is 14.0. The number of hydrogen-bond acceptors (Lipinski definition) is 8. The molecule has 0 atom stereocenters. The number of halogens is 34. The van der Waals surface area contributed by atoms with E-state index in [-0.39, 0.29) is 13.2 Å². The van der Waals surface area contributed by atoms with E-state index in [1.165, 1.54) is 0 Å². The topological polar surface area (TPSA) is 164 Å². The van der Waals surface area contributed by atoms with Crippen LogP contribution in [-0.2, 0) is 20.1 Å². The van der Waals surface area contributed by atoms with E-state index in [4.69, 9.17) is 19.9 Å². The summed E-state index contributed by atoms with van der Waals surface area (Å²) in [4.78, 5) is 0. The largest absolute Gasteiger partial charge is 0.460 e. The van der Waals surface area contributed by atoms with Crippen molar-refractivity contribution in [2.45, 2.75) is 107 Å². The number of rotatable bonds is 23. The van der Waals surface area contributed by atoms with E-state index >= 15 is 0 Å². The minimum absolute atomic E-state index is 0.139. The predicted octanol–water partition coefficient (Wildman–Crippen LogP) is 8.39. The molecule has 71 heavy (non-hydrogen) atoms. The van der Waals surface area contributed by atoms with Crippen LogP contribution < -0.4 is 5.32 Å². The van der Waals surface area contributed by atoms with Gasteiger partial charge in [0, 0.05) is 26.2 Å². The lowest BCUT2D eigenvalue weighted by Gasteiger charge is -2.43. The first-order valence-corrected chi connectivity index (χ1v) is 19.2. The van der Waals surface area contributed by atoms with E-state index in [9.17, 15) is 166 Å². The summed E-state index contributed by atoms with van der Waals surface area (Å²) in [5, 5.41) is 12.2. The van der Waals surface area contributed by atoms with Crippen LogP contribution in [0.5, 0.6) is 0 Å². The highest BCUT2D eigenvalue weighted by atomic mass is 32.2. The minimum atomic E-state index is -8.89. The van der Waals surface area contributed by atoms with Crippen molar-refractivity contribution >= 4 is 20.1 Å². The number of nitrogens with zero attached hydrogens (tertiary/aromatic N) is 1. The Morgan fingerprint density at radius 1 is 0.352 bits per heavy atom. The third kappa shape index (κ3) is 11.6. The molecule has 0 rings (SSSR count). The van der Waals surface area contributed by atoms with Crippen molar-refractivity contribution in [3.63, 3.8) is 0 Å². The number of nitrogens with one attached hydrogen (secondary N) is 1. The van der Waals surface area contributed by atoms with Gasteiger partial charge in [0.2, 0.25) is 0 Å². The Balaban J connectivity index is -0.00000116. The van der Waals surface area contributed by atoms with Gasteiger partial charge in [-0.2, -0.15) is 162 Å². The molecule has 10 nitrogen and oxygen atoms in total. The first-order chi connectivity index (χ1) is 30.4. The molecule has 0 bridgehead atoms. The lowest BCUT2D eigenvalue weighted by atomic mass is 9.91. The Bertz CT molecular complexity index is 1940. The van der Waals surface area contributed by atoms with Gasteiger partial charge >= 0.3 is 104 Å². The Labute approximate surface area is 369 Å². The van der Waals surface area contributed by atoms with Crippen molar-refractivity contribution in [1.29, 1.82) is 0 Å². The van der Waals surface area contributed by atoms with Crippen LogP contribution in [0.2, 0.25) is 0 Å². The lowest BCUT2D eigenvalue weighted by molar-refractivity contribution is -0.458. The first-order valence-electron chi connectivity index (χ1n) is 16.4. The molecule has 0 aromatic heterocycles. The molecule has 46 heteroatoms. The summed E-state index contributed by atoms with van der Waals surface area (Å²) < 4.78 is 490. The molecule has 0 aliphatic rings. The fourth-order valence-corrected chi connectivity index (χ4v) is 5.75. The SMILES string of the molecule is CCCN(CCO)S(=O)(=O)C(F)(F)C(F)(F)C(F)(F)C(F)(F)C(F)(F)C(F)(F)C(F)(F)C(F)(F)F.O=S(=O)(O)C(F)(F)C(F)(F)C(F)(F)C(F)(F)C(F)(F)C(F)(F)C(F)(F)C(F)(F)F.OCCNCCO. The summed E-state index contributed by atoms with van der Waals surface area (Å²) in [5.41, 5.74) is 0. The smallest absolute Gasteiger partial charge is 0.395 e. The molecule has 0 amide bonds. The van der Waals surface area contributed by atoms with Crippen LogP contribution in [0.15, 0.2) is 0 Å². The van der Waals surface area contributed by atoms with Gasteiger partial charge in [-0.05, 0) is 6.42 Å². The predicted molar refractivity (Wildman–Crippen MR) is 158 cm³/mol. The number of sulfonamides is 1. The summed E-state index contributed by atoms with van der Waals surface area (Å²) in [5.74, 6) is -104. The van der Waals surface area contributed by atoms with Crippen LogP contribution >= 0.6 is 0 Å². The summed E-state index contributed by atoms with van der Waals surface area (Å²) in [6.45, 7) is -2.06. The number of alkyl halides is 34. The Morgan fingerprint density at radius 2 is 0.577 bits per heavy atom. The summed E-state index contributed by atoms with van der Waals surface area (Å²) >= 11 is 0. The van der Waals surface area contributed by atoms with E-state index in [0.29, 0.717) is 13.1 Å². The minimum Gasteiger partial charge on any atom is -0.395 e. The Morgan fingerprint density at radius 3 is 0.775 bits per heavy atom. The fraction of sp³-hybridized carbons (Fsp3) is 1.00. The van der Waals surface area contributed by atoms with Crippen LogP contribution in [0.25, 0.3) is 0 Å². The average Bonchev–Trinajstić information content (AvgIpc) is 3.16. The van der Waals surface area contributed by atoms with Crippen LogP contribution in [-0.4, -0.2) is 181 Å². The summed E-state index contributed by atoms with van der Waals surface area (Å²) in [6.07, 6.45) is -16.4. The Kier molecular flexibility index (Phi) is 22.0. The molecule has 0 radical (unpaired) electrons. The van der Waals surface area contributed by atoms with E-state index in [2.05, 4.69) is 5.32 Å². The quantitative estimate of drug-likeness (QED) is 0.0384. The second-order valence-electron chi connectivity index (χ2n) is 12.7. The molecular weight excluding hydrogens is 1170 g/mol. The zero-order chi connectivity index (χ0) is 58.9. The highest BCUT2D eigenvalue weighted by Crippen LogP contribution is 2.66. The second-order valence-corrected chi connectivity index (χ2v) is 16.2. The average molecular weight is 1190 g/mol. The van der Waals surface area contributed by atoms with Gasteiger partial charge in [-0.25, -0.2) is 8.42 Å². The Hall–Kier alpha value is -2.72. The molecule has 0 aromatic carbocycles. The van der Waals surface area contributed by atoms with Gasteiger partial charge in [0.25, 0.3) is 10.0 Å². The lowest BCUT2D eigenvalue weighted by Crippen LogP contribution is -2.75. The molecular formula is C25H24F34N2O8S2. The molecule has 0 fully saturated rings. The van der Waals surface area contributed by atoms with E-state index in [1.807, 2.05) is 0 Å². The molecule has 0 aliphatic heterocycles. The standard InChI is InChI=1S/C13H12F17NO3S.C8HF17O3S.C4H11NO2/c1-2-3-31(4-5-32)35(33,34)13(29,30)11(24,25)9(20,21)7(16,17)6(14,15)8(18,19)10(22,23)12(26,27)28;9-1(10,3(13,14)5(17,18)7(21,22)23)2(11,12)4(15,16)6(19,20)8(24,25)29(26,27)28;6-3-1-5-2-4-7/h32H,2-5H2,1H3;(H,26,27,28);5-7H,1-4H2. The number of aliphatic hydroxyl groups is 3. The van der Waals surface area contributed by atoms with Crippen LogP contribution in [0.4, 0.5) is 149 Å². The van der Waals surface area contributed by atoms with Crippen LogP contribution in [0, 0.1) is 0 Å². The molecule has 0 unspecified atom stereocenters. The van der Waals surface area contributed by atoms with E-state index < -0.39 is 144 Å². The maximum Gasteiger partial charge on any atom is 0.460 e. The zero-order valence-corrected chi connectivity index (χ0v) is 34.3. The van der Waals surface area contributed by atoms with Gasteiger partial charge in [-0.1, -0.05) is 6.92 Å². The monoisotopic (exact) mass is 1190 g/mol. The first kappa shape index (κ1) is 72.5. The van der Waals surface area contributed by atoms with Crippen molar-refractivity contribution < 1.29 is 186 Å². The molecule has 0 aliphatic carbocycles. The summed E-state index contributed by atoms with van der Waals surface area (Å²) in [6, 6.07) is 0. The molecule has 0 saturated heterocycles. The maximum absolute atomic E-state index is 14.0. The van der Waals surface area contributed by atoms with Crippen molar-refractivity contribution in [2.24, 2.45) is 0 Å². The fourth-order valence-electron chi connectivity index (χ4n) is 3.78. The van der Waals surface area contributed by atoms with Gasteiger partial charge in [-0.3, -0.25) is 4.55 Å². The number of aliphatic hydroxyl groups excluding tert-OH is 3.